The number of carbonyl (C=O) groups excluding carboxylic acids is 3. The Hall–Kier alpha value is -3.48. The summed E-state index contributed by atoms with van der Waals surface area (Å²) < 4.78 is 5.04. The zero-order chi connectivity index (χ0) is 19.2. The molecule has 0 aliphatic carbocycles. The van der Waals surface area contributed by atoms with Gasteiger partial charge in [-0.05, 0) is 25.0 Å². The van der Waals surface area contributed by atoms with E-state index in [1.54, 1.807) is 18.2 Å². The molecule has 0 aliphatic heterocycles. The van der Waals surface area contributed by atoms with Gasteiger partial charge in [0.25, 0.3) is 5.91 Å². The number of Topliss-reactive ketones (excluding diaryl/α,β-unsaturated/α-hetero) is 1. The molecule has 1 atom stereocenters. The molecule has 0 radical (unpaired) electrons. The lowest BCUT2D eigenvalue weighted by atomic mass is 10.0. The van der Waals surface area contributed by atoms with Crippen LogP contribution in [-0.4, -0.2) is 40.5 Å². The first-order valence-electron chi connectivity index (χ1n) is 8.48. The summed E-state index contributed by atoms with van der Waals surface area (Å²) in [4.78, 5) is 36.1. The van der Waals surface area contributed by atoms with Crippen molar-refractivity contribution in [2.45, 2.75) is 19.4 Å². The van der Waals surface area contributed by atoms with Crippen molar-refractivity contribution in [1.82, 2.24) is 15.5 Å². The highest BCUT2D eigenvalue weighted by Gasteiger charge is 2.20. The molecule has 1 amide bonds. The summed E-state index contributed by atoms with van der Waals surface area (Å²) in [6.45, 7) is 0.925. The average Bonchev–Trinajstić information content (AvgIpc) is 3.10. The Labute approximate surface area is 155 Å². The van der Waals surface area contributed by atoms with Crippen LogP contribution in [0.4, 0.5) is 0 Å². The third-order valence-electron chi connectivity index (χ3n) is 4.11. The van der Waals surface area contributed by atoms with Gasteiger partial charge in [0.05, 0.1) is 11.6 Å². The molecule has 27 heavy (non-hydrogen) atoms. The number of carbonyl (C=O) groups is 3. The van der Waals surface area contributed by atoms with Gasteiger partial charge >= 0.3 is 5.97 Å². The first-order chi connectivity index (χ1) is 13.0. The minimum absolute atomic E-state index is 0.116. The molecule has 138 valence electrons. The summed E-state index contributed by atoms with van der Waals surface area (Å²) in [5.74, 6) is -1.42. The van der Waals surface area contributed by atoms with Crippen LogP contribution in [0, 0.1) is 0 Å². The van der Waals surface area contributed by atoms with Gasteiger partial charge in [-0.2, -0.15) is 5.10 Å². The second kappa shape index (κ2) is 8.27. The maximum absolute atomic E-state index is 12.2. The molecule has 2 N–H and O–H groups in total. The number of aromatic nitrogens is 2. The van der Waals surface area contributed by atoms with Crippen molar-refractivity contribution in [1.29, 1.82) is 0 Å². The van der Waals surface area contributed by atoms with E-state index in [0.717, 1.165) is 5.56 Å². The predicted molar refractivity (Wildman–Crippen MR) is 99.1 cm³/mol. The van der Waals surface area contributed by atoms with Gasteiger partial charge in [0.2, 0.25) is 0 Å². The third kappa shape index (κ3) is 4.58. The summed E-state index contributed by atoms with van der Waals surface area (Å²) in [5, 5.41) is 9.90. The van der Waals surface area contributed by atoms with E-state index in [1.165, 1.54) is 6.92 Å². The molecule has 0 bridgehead atoms. The zero-order valence-electron chi connectivity index (χ0n) is 14.8. The van der Waals surface area contributed by atoms with Crippen molar-refractivity contribution in [3.8, 4) is 0 Å². The van der Waals surface area contributed by atoms with E-state index in [1.807, 2.05) is 36.4 Å². The van der Waals surface area contributed by atoms with E-state index >= 15 is 0 Å². The summed E-state index contributed by atoms with van der Waals surface area (Å²) >= 11 is 0. The molecule has 7 heteroatoms. The topological polar surface area (TPSA) is 101 Å². The highest BCUT2D eigenvalue weighted by Crippen LogP contribution is 2.15. The van der Waals surface area contributed by atoms with Gasteiger partial charge in [-0.25, -0.2) is 4.79 Å². The van der Waals surface area contributed by atoms with Crippen LogP contribution in [0.3, 0.4) is 0 Å². The number of esters is 1. The molecule has 0 spiro atoms. The van der Waals surface area contributed by atoms with Crippen LogP contribution in [0.2, 0.25) is 0 Å². The van der Waals surface area contributed by atoms with E-state index in [9.17, 15) is 14.4 Å². The Morgan fingerprint density at radius 1 is 1.07 bits per heavy atom. The maximum Gasteiger partial charge on any atom is 0.359 e. The molecule has 3 aromatic rings. The van der Waals surface area contributed by atoms with Crippen LogP contribution in [0.25, 0.3) is 10.9 Å². The van der Waals surface area contributed by atoms with Gasteiger partial charge in [-0.15, -0.1) is 0 Å². The first-order valence-corrected chi connectivity index (χ1v) is 8.48. The highest BCUT2D eigenvalue weighted by atomic mass is 16.5. The molecule has 0 saturated heterocycles. The van der Waals surface area contributed by atoms with E-state index in [4.69, 9.17) is 4.74 Å². The SMILES string of the molecule is CC(=O)[C@H](Cc1ccccc1)NC(=O)COC(=O)c1n[nH]c2ccccc12. The summed E-state index contributed by atoms with van der Waals surface area (Å²) in [6.07, 6.45) is 0.375. The number of amides is 1. The lowest BCUT2D eigenvalue weighted by Crippen LogP contribution is -2.43. The minimum Gasteiger partial charge on any atom is -0.451 e. The quantitative estimate of drug-likeness (QED) is 0.624. The molecule has 0 aliphatic rings. The van der Waals surface area contributed by atoms with Crippen molar-refractivity contribution in [3.05, 3.63) is 65.9 Å². The van der Waals surface area contributed by atoms with Crippen LogP contribution in [0.15, 0.2) is 54.6 Å². The average molecular weight is 365 g/mol. The standard InChI is InChI=1S/C20H19N3O4/c1-13(24)17(11-14-7-3-2-4-8-14)21-18(25)12-27-20(26)19-15-9-5-6-10-16(15)22-23-19/h2-10,17H,11-12H2,1H3,(H,21,25)(H,22,23)/t17-/m0/s1. The first kappa shape index (κ1) is 18.3. The number of aromatic amines is 1. The monoisotopic (exact) mass is 365 g/mol. The molecule has 7 nitrogen and oxygen atoms in total. The van der Waals surface area contributed by atoms with E-state index < -0.39 is 24.5 Å². The minimum atomic E-state index is -0.704. The molecule has 1 aromatic heterocycles. The molecule has 1 heterocycles. The Morgan fingerprint density at radius 2 is 1.78 bits per heavy atom. The molecule has 0 unspecified atom stereocenters. The van der Waals surface area contributed by atoms with Crippen LogP contribution in [0.1, 0.15) is 23.0 Å². The number of hydrogen-bond acceptors (Lipinski definition) is 5. The highest BCUT2D eigenvalue weighted by molar-refractivity contribution is 6.02. The number of H-pyrrole nitrogens is 1. The van der Waals surface area contributed by atoms with Crippen LogP contribution in [-0.2, 0) is 20.7 Å². The summed E-state index contributed by atoms with van der Waals surface area (Å²) in [5.41, 5.74) is 1.75. The fourth-order valence-electron chi connectivity index (χ4n) is 2.70. The number of nitrogens with zero attached hydrogens (tertiary/aromatic N) is 1. The van der Waals surface area contributed by atoms with Crippen molar-refractivity contribution < 1.29 is 19.1 Å². The van der Waals surface area contributed by atoms with Gasteiger partial charge in [-0.1, -0.05) is 48.5 Å². The van der Waals surface area contributed by atoms with Gasteiger partial charge in [0, 0.05) is 5.39 Å². The van der Waals surface area contributed by atoms with Crippen molar-refractivity contribution >= 4 is 28.6 Å². The lowest BCUT2D eigenvalue weighted by Gasteiger charge is -2.16. The number of hydrogen-bond donors (Lipinski definition) is 2. The van der Waals surface area contributed by atoms with E-state index in [0.29, 0.717) is 17.3 Å². The molecule has 3 rings (SSSR count). The molecule has 0 saturated carbocycles. The van der Waals surface area contributed by atoms with Crippen molar-refractivity contribution in [2.24, 2.45) is 0 Å². The normalized spacial score (nSPS) is 11.7. The number of rotatable bonds is 7. The van der Waals surface area contributed by atoms with Gasteiger partial charge in [-0.3, -0.25) is 14.7 Å². The second-order valence-corrected chi connectivity index (χ2v) is 6.11. The number of benzene rings is 2. The fraction of sp³-hybridized carbons (Fsp3) is 0.200. The van der Waals surface area contributed by atoms with Gasteiger partial charge < -0.3 is 10.1 Å². The van der Waals surface area contributed by atoms with Crippen LogP contribution >= 0.6 is 0 Å². The van der Waals surface area contributed by atoms with E-state index in [-0.39, 0.29) is 11.5 Å². The Morgan fingerprint density at radius 3 is 2.52 bits per heavy atom. The number of nitrogens with one attached hydrogen (secondary N) is 2. The molecular weight excluding hydrogens is 346 g/mol. The number of fused-ring (bicyclic) bond motifs is 1. The van der Waals surface area contributed by atoms with Crippen molar-refractivity contribution in [2.75, 3.05) is 6.61 Å². The Bertz CT molecular complexity index is 966. The van der Waals surface area contributed by atoms with Gasteiger partial charge in [0.1, 0.15) is 0 Å². The van der Waals surface area contributed by atoms with Gasteiger partial charge in [0.15, 0.2) is 18.1 Å². The number of ether oxygens (including phenoxy) is 1. The fourth-order valence-corrected chi connectivity index (χ4v) is 2.70. The largest absolute Gasteiger partial charge is 0.451 e. The third-order valence-corrected chi connectivity index (χ3v) is 4.11. The predicted octanol–water partition coefficient (Wildman–Crippen LogP) is 2.04. The Balaban J connectivity index is 1.57. The zero-order valence-corrected chi connectivity index (χ0v) is 14.8. The smallest absolute Gasteiger partial charge is 0.359 e. The molecular formula is C20H19N3O4. The Kier molecular flexibility index (Phi) is 5.61. The second-order valence-electron chi connectivity index (χ2n) is 6.11. The maximum atomic E-state index is 12.2. The number of para-hydroxylation sites is 1. The molecule has 0 fully saturated rings. The van der Waals surface area contributed by atoms with Crippen LogP contribution in [0.5, 0.6) is 0 Å². The molecule has 2 aromatic carbocycles. The van der Waals surface area contributed by atoms with Crippen molar-refractivity contribution in [3.63, 3.8) is 0 Å². The summed E-state index contributed by atoms with van der Waals surface area (Å²) in [6, 6.07) is 15.8. The summed E-state index contributed by atoms with van der Waals surface area (Å²) in [7, 11) is 0. The lowest BCUT2D eigenvalue weighted by molar-refractivity contribution is -0.128. The van der Waals surface area contributed by atoms with E-state index in [2.05, 4.69) is 15.5 Å². The number of ketones is 1. The van der Waals surface area contributed by atoms with Crippen LogP contribution < -0.4 is 5.32 Å².